The van der Waals surface area contributed by atoms with Gasteiger partial charge in [0.05, 0.1) is 4.90 Å². The van der Waals surface area contributed by atoms with Crippen LogP contribution < -0.4 is 10.5 Å². The summed E-state index contributed by atoms with van der Waals surface area (Å²) in [5, 5.41) is 0. The van der Waals surface area contributed by atoms with Crippen molar-refractivity contribution in [3.05, 3.63) is 29.8 Å². The molecule has 7 nitrogen and oxygen atoms in total. The van der Waals surface area contributed by atoms with E-state index in [4.69, 9.17) is 5.73 Å². The Bertz CT molecular complexity index is 819. The minimum absolute atomic E-state index is 0.00855. The largest absolute Gasteiger partial charge is 0.339 e. The van der Waals surface area contributed by atoms with Crippen LogP contribution in [0.1, 0.15) is 38.7 Å². The van der Waals surface area contributed by atoms with Crippen molar-refractivity contribution in [2.45, 2.75) is 50.1 Å². The fourth-order valence-electron chi connectivity index (χ4n) is 3.46. The van der Waals surface area contributed by atoms with E-state index in [0.717, 1.165) is 12.8 Å². The fraction of sp³-hybridized carbons (Fsp3) is 0.556. The number of nitrogens with two attached hydrogens (primary N) is 1. The molecule has 142 valence electrons. The summed E-state index contributed by atoms with van der Waals surface area (Å²) in [6.07, 6.45) is 2.35. The molecule has 3 N–H and O–H groups in total. The number of carbonyl (C=O) groups excluding carboxylic acids is 1. The number of piperidine rings is 1. The maximum atomic E-state index is 13.0. The first-order valence-electron chi connectivity index (χ1n) is 9.02. The molecule has 1 fully saturated rings. The van der Waals surface area contributed by atoms with E-state index in [1.54, 1.807) is 29.2 Å². The van der Waals surface area contributed by atoms with Gasteiger partial charge >= 0.3 is 0 Å². The lowest BCUT2D eigenvalue weighted by Gasteiger charge is -2.33. The SMILES string of the molecule is CC(C)CC(N=C1NS(=O)(=O)c2ccccc21)C(=O)N1CCCC(N)C1. The van der Waals surface area contributed by atoms with Crippen LogP contribution in [0.15, 0.2) is 34.2 Å². The quantitative estimate of drug-likeness (QED) is 0.818. The summed E-state index contributed by atoms with van der Waals surface area (Å²) in [5.74, 6) is 0.422. The number of hydrogen-bond acceptors (Lipinski definition) is 5. The van der Waals surface area contributed by atoms with Crippen LogP contribution in [-0.4, -0.2) is 50.2 Å². The van der Waals surface area contributed by atoms with Gasteiger partial charge in [-0.25, -0.2) is 8.42 Å². The van der Waals surface area contributed by atoms with Crippen molar-refractivity contribution >= 4 is 21.8 Å². The van der Waals surface area contributed by atoms with Gasteiger partial charge in [-0.1, -0.05) is 26.0 Å². The Kier molecular flexibility index (Phi) is 5.34. The lowest BCUT2D eigenvalue weighted by molar-refractivity contribution is -0.134. The van der Waals surface area contributed by atoms with Gasteiger partial charge in [0.15, 0.2) is 0 Å². The molecule has 0 aromatic heterocycles. The van der Waals surface area contributed by atoms with Crippen LogP contribution in [0.2, 0.25) is 0 Å². The van der Waals surface area contributed by atoms with Gasteiger partial charge in [0, 0.05) is 24.7 Å². The van der Waals surface area contributed by atoms with Gasteiger partial charge in [0.2, 0.25) is 5.91 Å². The first kappa shape index (κ1) is 18.8. The van der Waals surface area contributed by atoms with Crippen molar-refractivity contribution < 1.29 is 13.2 Å². The molecule has 1 aromatic rings. The highest BCUT2D eigenvalue weighted by Gasteiger charge is 2.33. The van der Waals surface area contributed by atoms with Gasteiger partial charge in [-0.2, -0.15) is 0 Å². The van der Waals surface area contributed by atoms with Crippen LogP contribution in [0.3, 0.4) is 0 Å². The zero-order valence-corrected chi connectivity index (χ0v) is 16.0. The van der Waals surface area contributed by atoms with Crippen LogP contribution in [0.25, 0.3) is 0 Å². The molecular weight excluding hydrogens is 352 g/mol. The number of hydrogen-bond donors (Lipinski definition) is 2. The van der Waals surface area contributed by atoms with Gasteiger partial charge in [-0.15, -0.1) is 0 Å². The lowest BCUT2D eigenvalue weighted by Crippen LogP contribution is -2.49. The molecular formula is C18H26N4O3S. The molecule has 1 saturated heterocycles. The maximum absolute atomic E-state index is 13.0. The van der Waals surface area contributed by atoms with Gasteiger partial charge in [-0.05, 0) is 37.3 Å². The second-order valence-electron chi connectivity index (χ2n) is 7.41. The van der Waals surface area contributed by atoms with E-state index in [-0.39, 0.29) is 28.6 Å². The van der Waals surface area contributed by atoms with Crippen molar-refractivity contribution in [2.24, 2.45) is 16.6 Å². The second kappa shape index (κ2) is 7.36. The molecule has 2 aliphatic rings. The Labute approximate surface area is 154 Å². The average Bonchev–Trinajstić information content (AvgIpc) is 2.84. The number of likely N-dealkylation sites (tertiary alicyclic amines) is 1. The smallest absolute Gasteiger partial charge is 0.263 e. The number of rotatable bonds is 4. The third-order valence-corrected chi connectivity index (χ3v) is 6.09. The molecule has 0 saturated carbocycles. The van der Waals surface area contributed by atoms with Crippen LogP contribution in [0.5, 0.6) is 0 Å². The fourth-order valence-corrected chi connectivity index (χ4v) is 4.70. The van der Waals surface area contributed by atoms with Gasteiger partial charge in [0.1, 0.15) is 11.9 Å². The molecule has 0 aliphatic carbocycles. The molecule has 2 unspecified atom stereocenters. The molecule has 3 rings (SSSR count). The number of amides is 1. The summed E-state index contributed by atoms with van der Waals surface area (Å²) in [6, 6.07) is 6.06. The first-order chi connectivity index (χ1) is 12.3. The Balaban J connectivity index is 1.92. The van der Waals surface area contributed by atoms with Gasteiger partial charge < -0.3 is 10.6 Å². The average molecular weight is 378 g/mol. The van der Waals surface area contributed by atoms with Gasteiger partial charge in [0.25, 0.3) is 10.0 Å². The number of amidine groups is 1. The highest BCUT2D eigenvalue weighted by molar-refractivity contribution is 7.90. The van der Waals surface area contributed by atoms with E-state index in [1.807, 2.05) is 13.8 Å². The lowest BCUT2D eigenvalue weighted by atomic mass is 10.0. The topological polar surface area (TPSA) is 105 Å². The zero-order valence-electron chi connectivity index (χ0n) is 15.2. The molecule has 0 spiro atoms. The van der Waals surface area contributed by atoms with E-state index in [0.29, 0.717) is 25.1 Å². The molecule has 1 amide bonds. The molecule has 8 heteroatoms. The minimum Gasteiger partial charge on any atom is -0.339 e. The number of benzene rings is 1. The van der Waals surface area contributed by atoms with Crippen LogP contribution in [0.4, 0.5) is 0 Å². The molecule has 0 radical (unpaired) electrons. The maximum Gasteiger partial charge on any atom is 0.263 e. The summed E-state index contributed by atoms with van der Waals surface area (Å²) in [4.78, 5) is 19.5. The highest BCUT2D eigenvalue weighted by Crippen LogP contribution is 2.24. The van der Waals surface area contributed by atoms with Crippen molar-refractivity contribution in [2.75, 3.05) is 13.1 Å². The molecule has 2 heterocycles. The van der Waals surface area contributed by atoms with Crippen molar-refractivity contribution in [3.8, 4) is 0 Å². The van der Waals surface area contributed by atoms with Crippen LogP contribution in [-0.2, 0) is 14.8 Å². The standard InChI is InChI=1S/C18H26N4O3S/c1-12(2)10-15(18(23)22-9-5-6-13(19)11-22)20-17-14-7-3-4-8-16(14)26(24,25)21-17/h3-4,7-8,12-13,15H,5-6,9-11,19H2,1-2H3,(H,20,21). The second-order valence-corrected chi connectivity index (χ2v) is 9.06. The third-order valence-electron chi connectivity index (χ3n) is 4.70. The molecule has 0 bridgehead atoms. The van der Waals surface area contributed by atoms with E-state index in [9.17, 15) is 13.2 Å². The van der Waals surface area contributed by atoms with E-state index in [2.05, 4.69) is 9.71 Å². The van der Waals surface area contributed by atoms with E-state index >= 15 is 0 Å². The summed E-state index contributed by atoms with van der Waals surface area (Å²) in [5.41, 5.74) is 6.52. The van der Waals surface area contributed by atoms with E-state index < -0.39 is 16.1 Å². The predicted octanol–water partition coefficient (Wildman–Crippen LogP) is 1.09. The van der Waals surface area contributed by atoms with Crippen molar-refractivity contribution in [3.63, 3.8) is 0 Å². The molecule has 1 aromatic carbocycles. The van der Waals surface area contributed by atoms with Crippen molar-refractivity contribution in [1.29, 1.82) is 0 Å². The van der Waals surface area contributed by atoms with Crippen molar-refractivity contribution in [1.82, 2.24) is 9.62 Å². The Morgan fingerprint density at radius 3 is 2.81 bits per heavy atom. The monoisotopic (exact) mass is 378 g/mol. The molecule has 26 heavy (non-hydrogen) atoms. The number of carbonyl (C=O) groups is 1. The summed E-state index contributed by atoms with van der Waals surface area (Å²) in [6.45, 7) is 5.25. The number of sulfonamides is 1. The summed E-state index contributed by atoms with van der Waals surface area (Å²) < 4.78 is 27.0. The number of aliphatic imine (C=N–C) groups is 1. The highest BCUT2D eigenvalue weighted by atomic mass is 32.2. The Hall–Kier alpha value is -1.93. The zero-order chi connectivity index (χ0) is 18.9. The van der Waals surface area contributed by atoms with E-state index in [1.165, 1.54) is 0 Å². The third kappa shape index (κ3) is 3.91. The number of fused-ring (bicyclic) bond motifs is 1. The Morgan fingerprint density at radius 2 is 2.12 bits per heavy atom. The number of nitrogens with zero attached hydrogens (tertiary/aromatic N) is 2. The van der Waals surface area contributed by atoms with Crippen LogP contribution in [0, 0.1) is 5.92 Å². The first-order valence-corrected chi connectivity index (χ1v) is 10.5. The number of nitrogens with one attached hydrogen (secondary N) is 1. The summed E-state index contributed by atoms with van der Waals surface area (Å²) >= 11 is 0. The minimum atomic E-state index is -3.61. The van der Waals surface area contributed by atoms with Crippen LogP contribution >= 0.6 is 0 Å². The molecule has 2 atom stereocenters. The Morgan fingerprint density at radius 1 is 1.38 bits per heavy atom. The predicted molar refractivity (Wildman–Crippen MR) is 100 cm³/mol. The summed E-state index contributed by atoms with van der Waals surface area (Å²) in [7, 11) is -3.61. The normalized spacial score (nSPS) is 24.4. The van der Waals surface area contributed by atoms with Gasteiger partial charge in [-0.3, -0.25) is 14.5 Å². The molecule has 2 aliphatic heterocycles.